The summed E-state index contributed by atoms with van der Waals surface area (Å²) >= 11 is 0. The van der Waals surface area contributed by atoms with Gasteiger partial charge in [-0.15, -0.1) is 0 Å². The Labute approximate surface area is 119 Å². The van der Waals surface area contributed by atoms with Gasteiger partial charge < -0.3 is 15.0 Å². The maximum absolute atomic E-state index is 5.48. The van der Waals surface area contributed by atoms with E-state index in [1.807, 2.05) is 0 Å². The minimum absolute atomic E-state index is 0.450. The first-order valence-electron chi connectivity index (χ1n) is 8.16. The van der Waals surface area contributed by atoms with Crippen molar-refractivity contribution in [2.45, 2.75) is 52.5 Å². The van der Waals surface area contributed by atoms with Gasteiger partial charge in [-0.2, -0.15) is 0 Å². The van der Waals surface area contributed by atoms with Crippen LogP contribution in [0.4, 0.5) is 0 Å². The summed E-state index contributed by atoms with van der Waals surface area (Å²) < 4.78 is 5.48. The van der Waals surface area contributed by atoms with Crippen molar-refractivity contribution < 1.29 is 4.74 Å². The molecule has 19 heavy (non-hydrogen) atoms. The Morgan fingerprint density at radius 1 is 1.37 bits per heavy atom. The average molecular weight is 268 g/mol. The van der Waals surface area contributed by atoms with E-state index < -0.39 is 0 Å². The maximum Gasteiger partial charge on any atom is 0.0471 e. The first-order chi connectivity index (χ1) is 9.13. The SMILES string of the molecule is CCN1CCCC(C(C)NCC2(C)CCOCC2)C1. The van der Waals surface area contributed by atoms with Crippen molar-refractivity contribution in [3.63, 3.8) is 0 Å². The van der Waals surface area contributed by atoms with Gasteiger partial charge in [-0.05, 0) is 57.0 Å². The highest BCUT2D eigenvalue weighted by Crippen LogP contribution is 2.29. The van der Waals surface area contributed by atoms with Crippen LogP contribution in [-0.4, -0.2) is 50.3 Å². The van der Waals surface area contributed by atoms with Crippen molar-refractivity contribution in [1.29, 1.82) is 0 Å². The van der Waals surface area contributed by atoms with E-state index in [0.29, 0.717) is 11.5 Å². The fourth-order valence-electron chi connectivity index (χ4n) is 3.40. The number of rotatable bonds is 5. The lowest BCUT2D eigenvalue weighted by Crippen LogP contribution is -2.47. The van der Waals surface area contributed by atoms with Gasteiger partial charge in [-0.1, -0.05) is 13.8 Å². The monoisotopic (exact) mass is 268 g/mol. The molecule has 2 saturated heterocycles. The van der Waals surface area contributed by atoms with Crippen LogP contribution in [0.3, 0.4) is 0 Å². The zero-order valence-corrected chi connectivity index (χ0v) is 13.1. The summed E-state index contributed by atoms with van der Waals surface area (Å²) in [5, 5.41) is 3.82. The topological polar surface area (TPSA) is 24.5 Å². The molecule has 0 aromatic heterocycles. The van der Waals surface area contributed by atoms with Crippen LogP contribution in [-0.2, 0) is 4.74 Å². The van der Waals surface area contributed by atoms with Crippen molar-refractivity contribution in [3.8, 4) is 0 Å². The van der Waals surface area contributed by atoms with E-state index in [1.165, 1.54) is 45.3 Å². The third kappa shape index (κ3) is 4.44. The molecule has 0 aliphatic carbocycles. The number of nitrogens with zero attached hydrogens (tertiary/aromatic N) is 1. The Hall–Kier alpha value is -0.120. The summed E-state index contributed by atoms with van der Waals surface area (Å²) in [6.07, 6.45) is 5.18. The van der Waals surface area contributed by atoms with Crippen molar-refractivity contribution >= 4 is 0 Å². The minimum atomic E-state index is 0.450. The third-order valence-corrected chi connectivity index (χ3v) is 5.25. The van der Waals surface area contributed by atoms with Gasteiger partial charge in [0.15, 0.2) is 0 Å². The smallest absolute Gasteiger partial charge is 0.0471 e. The highest BCUT2D eigenvalue weighted by atomic mass is 16.5. The van der Waals surface area contributed by atoms with E-state index >= 15 is 0 Å². The van der Waals surface area contributed by atoms with E-state index in [0.717, 1.165) is 25.7 Å². The molecule has 0 saturated carbocycles. The van der Waals surface area contributed by atoms with Gasteiger partial charge in [0.05, 0.1) is 0 Å². The van der Waals surface area contributed by atoms with Crippen LogP contribution in [0.15, 0.2) is 0 Å². The second kappa shape index (κ2) is 7.05. The fourth-order valence-corrected chi connectivity index (χ4v) is 3.40. The zero-order chi connectivity index (χ0) is 13.7. The lowest BCUT2D eigenvalue weighted by molar-refractivity contribution is 0.0213. The van der Waals surface area contributed by atoms with Crippen molar-refractivity contribution in [2.24, 2.45) is 11.3 Å². The van der Waals surface area contributed by atoms with Gasteiger partial charge in [0.25, 0.3) is 0 Å². The molecule has 2 atom stereocenters. The molecule has 0 radical (unpaired) electrons. The Morgan fingerprint density at radius 2 is 2.11 bits per heavy atom. The predicted octanol–water partition coefficient (Wildman–Crippen LogP) is 2.51. The second-order valence-electron chi connectivity index (χ2n) is 6.89. The van der Waals surface area contributed by atoms with E-state index in [9.17, 15) is 0 Å². The summed E-state index contributed by atoms with van der Waals surface area (Å²) in [6.45, 7) is 13.9. The number of likely N-dealkylation sites (tertiary alicyclic amines) is 1. The Kier molecular flexibility index (Phi) is 5.67. The Bertz CT molecular complexity index is 263. The summed E-state index contributed by atoms with van der Waals surface area (Å²) in [6, 6.07) is 0.647. The quantitative estimate of drug-likeness (QED) is 0.829. The fraction of sp³-hybridized carbons (Fsp3) is 1.00. The van der Waals surface area contributed by atoms with Crippen LogP contribution in [0, 0.1) is 11.3 Å². The molecule has 1 N–H and O–H groups in total. The molecular formula is C16H32N2O. The maximum atomic E-state index is 5.48. The number of hydrogen-bond donors (Lipinski definition) is 1. The molecule has 0 amide bonds. The molecule has 0 aromatic rings. The van der Waals surface area contributed by atoms with Crippen LogP contribution in [0.2, 0.25) is 0 Å². The molecule has 2 aliphatic rings. The third-order valence-electron chi connectivity index (χ3n) is 5.25. The van der Waals surface area contributed by atoms with Gasteiger partial charge in [0.2, 0.25) is 0 Å². The van der Waals surface area contributed by atoms with Crippen LogP contribution >= 0.6 is 0 Å². The minimum Gasteiger partial charge on any atom is -0.381 e. The van der Waals surface area contributed by atoms with E-state index in [1.54, 1.807) is 0 Å². The number of hydrogen-bond acceptors (Lipinski definition) is 3. The lowest BCUT2D eigenvalue weighted by atomic mass is 9.81. The normalized spacial score (nSPS) is 30.2. The lowest BCUT2D eigenvalue weighted by Gasteiger charge is -2.39. The van der Waals surface area contributed by atoms with Crippen LogP contribution in [0.1, 0.15) is 46.5 Å². The summed E-state index contributed by atoms with van der Waals surface area (Å²) in [7, 11) is 0. The average Bonchev–Trinajstić information content (AvgIpc) is 2.46. The largest absolute Gasteiger partial charge is 0.381 e. The highest BCUT2D eigenvalue weighted by Gasteiger charge is 2.29. The summed E-state index contributed by atoms with van der Waals surface area (Å²) in [5.74, 6) is 0.831. The molecule has 3 heteroatoms. The standard InChI is InChI=1S/C16H32N2O/c1-4-18-9-5-6-15(12-18)14(2)17-13-16(3)7-10-19-11-8-16/h14-15,17H,4-13H2,1-3H3. The van der Waals surface area contributed by atoms with Crippen molar-refractivity contribution in [3.05, 3.63) is 0 Å². The van der Waals surface area contributed by atoms with Gasteiger partial charge in [-0.25, -0.2) is 0 Å². The van der Waals surface area contributed by atoms with E-state index in [2.05, 4.69) is 31.0 Å². The van der Waals surface area contributed by atoms with Crippen LogP contribution < -0.4 is 5.32 Å². The first kappa shape index (κ1) is 15.3. The van der Waals surface area contributed by atoms with Gasteiger partial charge >= 0.3 is 0 Å². The Morgan fingerprint density at radius 3 is 2.79 bits per heavy atom. The molecular weight excluding hydrogens is 236 g/mol. The molecule has 0 spiro atoms. The number of piperidine rings is 1. The molecule has 0 aromatic carbocycles. The van der Waals surface area contributed by atoms with Crippen molar-refractivity contribution in [2.75, 3.05) is 39.4 Å². The molecule has 3 nitrogen and oxygen atoms in total. The van der Waals surface area contributed by atoms with E-state index in [-0.39, 0.29) is 0 Å². The first-order valence-corrected chi connectivity index (χ1v) is 8.16. The number of ether oxygens (including phenoxy) is 1. The highest BCUT2D eigenvalue weighted by molar-refractivity contribution is 4.84. The van der Waals surface area contributed by atoms with Crippen molar-refractivity contribution in [1.82, 2.24) is 10.2 Å². The zero-order valence-electron chi connectivity index (χ0n) is 13.1. The molecule has 2 unspecified atom stereocenters. The molecule has 2 aliphatic heterocycles. The van der Waals surface area contributed by atoms with Crippen LogP contribution in [0.25, 0.3) is 0 Å². The molecule has 2 heterocycles. The van der Waals surface area contributed by atoms with Gasteiger partial charge in [-0.3, -0.25) is 0 Å². The predicted molar refractivity (Wildman–Crippen MR) is 80.5 cm³/mol. The Balaban J connectivity index is 1.75. The molecule has 2 rings (SSSR count). The van der Waals surface area contributed by atoms with Gasteiger partial charge in [0.1, 0.15) is 0 Å². The number of nitrogens with one attached hydrogen (secondary N) is 1. The van der Waals surface area contributed by atoms with Gasteiger partial charge in [0, 0.05) is 32.3 Å². The molecule has 0 bridgehead atoms. The van der Waals surface area contributed by atoms with E-state index in [4.69, 9.17) is 4.74 Å². The van der Waals surface area contributed by atoms with Crippen LogP contribution in [0.5, 0.6) is 0 Å². The summed E-state index contributed by atoms with van der Waals surface area (Å²) in [4.78, 5) is 2.60. The molecule has 2 fully saturated rings. The molecule has 112 valence electrons. The summed E-state index contributed by atoms with van der Waals surface area (Å²) in [5.41, 5.74) is 0.450. The second-order valence-corrected chi connectivity index (χ2v) is 6.89.